The van der Waals surface area contributed by atoms with Gasteiger partial charge in [-0.3, -0.25) is 4.79 Å². The maximum Gasteiger partial charge on any atom is 0.231 e. The van der Waals surface area contributed by atoms with Gasteiger partial charge in [0.25, 0.3) is 0 Å². The zero-order valence-corrected chi connectivity index (χ0v) is 8.51. The van der Waals surface area contributed by atoms with Gasteiger partial charge in [-0.1, -0.05) is 11.6 Å². The van der Waals surface area contributed by atoms with Crippen molar-refractivity contribution in [3.63, 3.8) is 0 Å². The molecule has 0 aliphatic rings. The summed E-state index contributed by atoms with van der Waals surface area (Å²) in [5, 5.41) is 0. The van der Waals surface area contributed by atoms with E-state index in [9.17, 15) is 4.79 Å². The van der Waals surface area contributed by atoms with Crippen LogP contribution < -0.4 is 4.74 Å². The molecule has 0 bridgehead atoms. The van der Waals surface area contributed by atoms with Crippen LogP contribution in [0.3, 0.4) is 0 Å². The largest absolute Gasteiger partial charge is 0.496 e. The Bertz CT molecular complexity index is 307. The molecule has 0 heterocycles. The molecule has 0 radical (unpaired) electrons. The Labute approximate surface area is 79.7 Å². The number of methoxy groups -OCH3 is 1. The summed E-state index contributed by atoms with van der Waals surface area (Å²) in [6.07, 6.45) is 0. The van der Waals surface area contributed by atoms with Gasteiger partial charge >= 0.3 is 0 Å². The molecule has 0 amide bonds. The molecule has 1 rings (SSSR count). The summed E-state index contributed by atoms with van der Waals surface area (Å²) >= 11 is 2.89. The number of hydrogen-bond acceptors (Lipinski definition) is 2. The van der Waals surface area contributed by atoms with Crippen LogP contribution in [0.1, 0.15) is 15.9 Å². The molecule has 0 saturated carbocycles. The van der Waals surface area contributed by atoms with Crippen molar-refractivity contribution in [1.82, 2.24) is 0 Å². The Morgan fingerprint density at radius 2 is 2.17 bits per heavy atom. The molecule has 0 aromatic heterocycles. The lowest BCUT2D eigenvalue weighted by molar-refractivity contribution is 0.109. The highest BCUT2D eigenvalue weighted by molar-refractivity contribution is 9.18. The van der Waals surface area contributed by atoms with E-state index in [4.69, 9.17) is 4.74 Å². The molecule has 1 aromatic rings. The third-order valence-corrected chi connectivity index (χ3v) is 1.99. The van der Waals surface area contributed by atoms with Crippen LogP contribution in [-0.4, -0.2) is 11.8 Å². The van der Waals surface area contributed by atoms with Crippen molar-refractivity contribution in [2.45, 2.75) is 6.92 Å². The Morgan fingerprint density at radius 3 is 2.67 bits per heavy atom. The molecular formula is C9H9BrO2. The molecule has 12 heavy (non-hydrogen) atoms. The lowest BCUT2D eigenvalue weighted by Gasteiger charge is -2.04. The number of rotatable bonds is 2. The fourth-order valence-corrected chi connectivity index (χ4v) is 1.29. The first-order valence-corrected chi connectivity index (χ1v) is 4.29. The minimum absolute atomic E-state index is 0.150. The fourth-order valence-electron chi connectivity index (χ4n) is 0.975. The van der Waals surface area contributed by atoms with Gasteiger partial charge in [0.15, 0.2) is 0 Å². The van der Waals surface area contributed by atoms with Crippen molar-refractivity contribution < 1.29 is 9.53 Å². The number of carbonyl (C=O) groups excluding carboxylic acids is 1. The molecule has 0 unspecified atom stereocenters. The summed E-state index contributed by atoms with van der Waals surface area (Å²) in [5.74, 6) is 0.600. The number of aryl methyl sites for hydroxylation is 1. The van der Waals surface area contributed by atoms with Gasteiger partial charge in [-0.25, -0.2) is 0 Å². The first-order chi connectivity index (χ1) is 5.65. The molecule has 0 atom stereocenters. The van der Waals surface area contributed by atoms with Gasteiger partial charge < -0.3 is 4.74 Å². The van der Waals surface area contributed by atoms with Crippen LogP contribution in [0.25, 0.3) is 0 Å². The molecular weight excluding hydrogens is 220 g/mol. The summed E-state index contributed by atoms with van der Waals surface area (Å²) < 4.78 is 4.86. The average Bonchev–Trinajstić information content (AvgIpc) is 2.04. The van der Waals surface area contributed by atoms with Gasteiger partial charge in [-0.2, -0.15) is 0 Å². The van der Waals surface area contributed by atoms with E-state index in [1.54, 1.807) is 19.2 Å². The van der Waals surface area contributed by atoms with Crippen LogP contribution in [0.5, 0.6) is 5.75 Å². The lowest BCUT2D eigenvalue weighted by Crippen LogP contribution is -1.95. The summed E-state index contributed by atoms with van der Waals surface area (Å²) in [4.78, 5) is 11.0. The zero-order valence-electron chi connectivity index (χ0n) is 6.93. The highest BCUT2D eigenvalue weighted by Crippen LogP contribution is 2.21. The highest BCUT2D eigenvalue weighted by atomic mass is 79.9. The van der Waals surface area contributed by atoms with Crippen molar-refractivity contribution in [2.24, 2.45) is 0 Å². The van der Waals surface area contributed by atoms with E-state index in [0.29, 0.717) is 11.3 Å². The summed E-state index contributed by atoms with van der Waals surface area (Å²) in [6.45, 7) is 1.93. The van der Waals surface area contributed by atoms with Crippen molar-refractivity contribution in [1.29, 1.82) is 0 Å². The smallest absolute Gasteiger partial charge is 0.231 e. The lowest BCUT2D eigenvalue weighted by atomic mass is 10.1. The van der Waals surface area contributed by atoms with Gasteiger partial charge in [0, 0.05) is 0 Å². The van der Waals surface area contributed by atoms with Crippen LogP contribution in [-0.2, 0) is 0 Å². The third-order valence-electron chi connectivity index (χ3n) is 1.57. The predicted octanol–water partition coefficient (Wildman–Crippen LogP) is 2.54. The molecule has 0 N–H and O–H groups in total. The SMILES string of the molecule is COc1ccc(C)cc1C(=O)Br. The van der Waals surface area contributed by atoms with E-state index in [1.165, 1.54) is 0 Å². The number of carbonyl (C=O) groups is 1. The Balaban J connectivity index is 3.21. The minimum Gasteiger partial charge on any atom is -0.496 e. The average molecular weight is 229 g/mol. The molecule has 0 fully saturated rings. The molecule has 0 spiro atoms. The quantitative estimate of drug-likeness (QED) is 0.728. The third kappa shape index (κ3) is 1.85. The zero-order chi connectivity index (χ0) is 9.14. The van der Waals surface area contributed by atoms with Gasteiger partial charge in [-0.15, -0.1) is 0 Å². The van der Waals surface area contributed by atoms with Crippen molar-refractivity contribution in [3.8, 4) is 5.75 Å². The van der Waals surface area contributed by atoms with Gasteiger partial charge in [0.05, 0.1) is 12.7 Å². The van der Waals surface area contributed by atoms with E-state index in [1.807, 2.05) is 13.0 Å². The maximum absolute atomic E-state index is 11.0. The predicted molar refractivity (Wildman–Crippen MR) is 51.0 cm³/mol. The molecule has 0 aliphatic heterocycles. The van der Waals surface area contributed by atoms with Crippen LogP contribution in [0, 0.1) is 6.92 Å². The first-order valence-electron chi connectivity index (χ1n) is 3.49. The number of benzene rings is 1. The molecule has 2 nitrogen and oxygen atoms in total. The maximum atomic E-state index is 11.0. The summed E-state index contributed by atoms with van der Waals surface area (Å²) in [7, 11) is 1.55. The second-order valence-electron chi connectivity index (χ2n) is 2.48. The molecule has 3 heteroatoms. The van der Waals surface area contributed by atoms with E-state index in [2.05, 4.69) is 15.9 Å². The monoisotopic (exact) mass is 228 g/mol. The van der Waals surface area contributed by atoms with Crippen molar-refractivity contribution in [2.75, 3.05) is 7.11 Å². The van der Waals surface area contributed by atoms with Crippen LogP contribution in [0.15, 0.2) is 18.2 Å². The second kappa shape index (κ2) is 3.72. The molecule has 64 valence electrons. The van der Waals surface area contributed by atoms with Crippen LogP contribution in [0.2, 0.25) is 0 Å². The standard InChI is InChI=1S/C9H9BrO2/c1-6-3-4-8(12-2)7(5-6)9(10)11/h3-5H,1-2H3. The Hall–Kier alpha value is -0.830. The van der Waals surface area contributed by atoms with E-state index >= 15 is 0 Å². The molecule has 0 aliphatic carbocycles. The Kier molecular flexibility index (Phi) is 2.87. The number of hydrogen-bond donors (Lipinski definition) is 0. The topological polar surface area (TPSA) is 26.3 Å². The van der Waals surface area contributed by atoms with Crippen molar-refractivity contribution in [3.05, 3.63) is 29.3 Å². The fraction of sp³-hybridized carbons (Fsp3) is 0.222. The second-order valence-corrected chi connectivity index (χ2v) is 3.20. The summed E-state index contributed by atoms with van der Waals surface area (Å²) in [5.41, 5.74) is 1.61. The van der Waals surface area contributed by atoms with E-state index in [-0.39, 0.29) is 4.69 Å². The first kappa shape index (κ1) is 9.26. The van der Waals surface area contributed by atoms with Crippen LogP contribution >= 0.6 is 15.9 Å². The highest BCUT2D eigenvalue weighted by Gasteiger charge is 2.08. The van der Waals surface area contributed by atoms with Gasteiger partial charge in [0.2, 0.25) is 4.69 Å². The van der Waals surface area contributed by atoms with E-state index < -0.39 is 0 Å². The summed E-state index contributed by atoms with van der Waals surface area (Å²) in [6, 6.07) is 5.47. The minimum atomic E-state index is -0.150. The van der Waals surface area contributed by atoms with Gasteiger partial charge in [-0.05, 0) is 35.0 Å². The Morgan fingerprint density at radius 1 is 1.50 bits per heavy atom. The van der Waals surface area contributed by atoms with Gasteiger partial charge in [0.1, 0.15) is 5.75 Å². The van der Waals surface area contributed by atoms with Crippen LogP contribution in [0.4, 0.5) is 0 Å². The van der Waals surface area contributed by atoms with Crippen molar-refractivity contribution >= 4 is 20.6 Å². The van der Waals surface area contributed by atoms with E-state index in [0.717, 1.165) is 5.56 Å². The number of ether oxygens (including phenoxy) is 1. The number of halogens is 1. The normalized spacial score (nSPS) is 9.58. The molecule has 0 saturated heterocycles. The molecule has 1 aromatic carbocycles.